The van der Waals surface area contributed by atoms with Crippen molar-refractivity contribution in [3.05, 3.63) is 80.3 Å². The van der Waals surface area contributed by atoms with Crippen LogP contribution < -0.4 is 16.6 Å². The van der Waals surface area contributed by atoms with Gasteiger partial charge in [0.15, 0.2) is 0 Å². The number of rotatable bonds is 5. The van der Waals surface area contributed by atoms with Crippen LogP contribution in [0.15, 0.2) is 46.0 Å². The second kappa shape index (κ2) is 8.37. The van der Waals surface area contributed by atoms with Crippen LogP contribution in [-0.2, 0) is 4.79 Å². The van der Waals surface area contributed by atoms with Crippen molar-refractivity contribution in [2.45, 2.75) is 56.3 Å². The lowest BCUT2D eigenvalue weighted by Crippen LogP contribution is -2.57. The molecule has 3 heterocycles. The molecule has 0 radical (unpaired) electrons. The van der Waals surface area contributed by atoms with Gasteiger partial charge in [-0.2, -0.15) is 0 Å². The largest absolute Gasteiger partial charge is 0.348 e. The van der Waals surface area contributed by atoms with Gasteiger partial charge < -0.3 is 10.3 Å². The van der Waals surface area contributed by atoms with Gasteiger partial charge in [0.2, 0.25) is 5.91 Å². The quantitative estimate of drug-likeness (QED) is 0.572. The Kier molecular flexibility index (Phi) is 5.58. The number of hydrogen-bond acceptors (Lipinski definition) is 4. The maximum absolute atomic E-state index is 14.4. The van der Waals surface area contributed by atoms with E-state index in [9.17, 15) is 27.6 Å². The van der Waals surface area contributed by atoms with Crippen LogP contribution >= 0.6 is 0 Å². The van der Waals surface area contributed by atoms with Crippen LogP contribution in [0, 0.1) is 17.5 Å². The number of likely N-dealkylation sites (N-methyl/N-ethyl adjacent to an activating group) is 1. The number of amides is 1. The van der Waals surface area contributed by atoms with E-state index < -0.39 is 52.2 Å². The fourth-order valence-electron chi connectivity index (χ4n) is 5.93. The fourth-order valence-corrected chi connectivity index (χ4v) is 5.93. The molecule has 2 aliphatic rings. The number of aromatic nitrogens is 2. The highest BCUT2D eigenvalue weighted by Gasteiger charge is 2.57. The molecule has 0 aliphatic carbocycles. The minimum atomic E-state index is -1.24. The normalized spacial score (nSPS) is 23.5. The van der Waals surface area contributed by atoms with Gasteiger partial charge in [0, 0.05) is 20.5 Å². The standard InChI is InChI=1S/C25H25F3N4O3.2H2/c1-13(17-5-3-15(27)12-19(17)28)29-22(33)21(25-9-7-16(8-10-25)31(25)2)32-23(34)18-11-14(26)4-6-20(18)30-24(32)35;;/h3-6,11-13,16,21H,7-10H2,1-2H3,(H,29,33)(H,30,35);2*1H/t13-,16?,21?,25?;;/m0../s1. The predicted molar refractivity (Wildman–Crippen MR) is 128 cm³/mol. The molecule has 3 aromatic rings. The van der Waals surface area contributed by atoms with Crippen molar-refractivity contribution in [1.82, 2.24) is 19.8 Å². The number of carbonyl (C=O) groups excluding carboxylic acids is 1. The molecule has 1 unspecified atom stereocenters. The minimum Gasteiger partial charge on any atom is -0.348 e. The Morgan fingerprint density at radius 3 is 2.40 bits per heavy atom. The molecule has 1 aromatic heterocycles. The van der Waals surface area contributed by atoms with E-state index in [1.807, 2.05) is 11.9 Å². The molecule has 1 amide bonds. The second-order valence-electron chi connectivity index (χ2n) is 9.54. The van der Waals surface area contributed by atoms with Gasteiger partial charge in [-0.15, -0.1) is 0 Å². The third-order valence-electron chi connectivity index (χ3n) is 7.77. The average Bonchev–Trinajstić information content (AvgIpc) is 3.29. The molecule has 2 saturated heterocycles. The van der Waals surface area contributed by atoms with Gasteiger partial charge in [0.1, 0.15) is 23.5 Å². The maximum Gasteiger partial charge on any atom is 0.329 e. The first kappa shape index (κ1) is 23.3. The number of H-pyrrole nitrogens is 1. The molecule has 7 nitrogen and oxygen atoms in total. The zero-order chi connectivity index (χ0) is 25.1. The lowest BCUT2D eigenvalue weighted by atomic mass is 9.80. The minimum absolute atomic E-state index is 0. The number of benzene rings is 2. The van der Waals surface area contributed by atoms with E-state index in [1.54, 1.807) is 6.92 Å². The average molecular weight is 491 g/mol. The number of halogens is 3. The van der Waals surface area contributed by atoms with Crippen LogP contribution in [0.25, 0.3) is 10.9 Å². The number of nitrogens with zero attached hydrogens (tertiary/aromatic N) is 2. The van der Waals surface area contributed by atoms with E-state index in [0.29, 0.717) is 12.8 Å². The molecule has 2 aliphatic heterocycles. The topological polar surface area (TPSA) is 87.2 Å². The lowest BCUT2D eigenvalue weighted by Gasteiger charge is -2.40. The van der Waals surface area contributed by atoms with Crippen LogP contribution in [0.2, 0.25) is 0 Å². The van der Waals surface area contributed by atoms with Gasteiger partial charge in [-0.05, 0) is 63.9 Å². The number of hydrogen-bond donors (Lipinski definition) is 2. The first-order valence-electron chi connectivity index (χ1n) is 11.5. The van der Waals surface area contributed by atoms with Crippen LogP contribution in [-0.4, -0.2) is 39.0 Å². The van der Waals surface area contributed by atoms with Crippen molar-refractivity contribution < 1.29 is 20.8 Å². The second-order valence-corrected chi connectivity index (χ2v) is 9.54. The molecule has 0 spiro atoms. The Morgan fingerprint density at radius 2 is 1.77 bits per heavy atom. The summed E-state index contributed by atoms with van der Waals surface area (Å²) < 4.78 is 42.6. The first-order valence-corrected chi connectivity index (χ1v) is 11.5. The summed E-state index contributed by atoms with van der Waals surface area (Å²) in [5, 5.41) is 2.68. The summed E-state index contributed by atoms with van der Waals surface area (Å²) in [5.41, 5.74) is -2.13. The molecule has 35 heavy (non-hydrogen) atoms. The molecule has 2 atom stereocenters. The Bertz CT molecular complexity index is 1450. The summed E-state index contributed by atoms with van der Waals surface area (Å²) >= 11 is 0. The van der Waals surface area contributed by atoms with Crippen LogP contribution in [0.5, 0.6) is 0 Å². The first-order chi connectivity index (χ1) is 16.6. The van der Waals surface area contributed by atoms with Gasteiger partial charge in [-0.1, -0.05) is 6.07 Å². The monoisotopic (exact) mass is 490 g/mol. The third-order valence-corrected chi connectivity index (χ3v) is 7.77. The zero-order valence-corrected chi connectivity index (χ0v) is 19.3. The Morgan fingerprint density at radius 1 is 1.11 bits per heavy atom. The van der Waals surface area contributed by atoms with Crippen molar-refractivity contribution in [2.24, 2.45) is 0 Å². The number of aromatic amines is 1. The van der Waals surface area contributed by atoms with Gasteiger partial charge in [0.05, 0.1) is 22.5 Å². The van der Waals surface area contributed by atoms with Crippen molar-refractivity contribution in [3.63, 3.8) is 0 Å². The van der Waals surface area contributed by atoms with Crippen molar-refractivity contribution >= 4 is 16.8 Å². The molecule has 2 bridgehead atoms. The summed E-state index contributed by atoms with van der Waals surface area (Å²) in [6.07, 6.45) is 2.77. The Labute approximate surface area is 201 Å². The zero-order valence-electron chi connectivity index (χ0n) is 19.3. The van der Waals surface area contributed by atoms with Crippen LogP contribution in [0.1, 0.15) is 53.1 Å². The predicted octanol–water partition coefficient (Wildman–Crippen LogP) is 3.64. The fraction of sp³-hybridized carbons (Fsp3) is 0.400. The lowest BCUT2D eigenvalue weighted by molar-refractivity contribution is -0.129. The maximum atomic E-state index is 14.4. The smallest absolute Gasteiger partial charge is 0.329 e. The van der Waals surface area contributed by atoms with Crippen molar-refractivity contribution in [2.75, 3.05) is 7.05 Å². The van der Waals surface area contributed by atoms with E-state index in [4.69, 9.17) is 0 Å². The summed E-state index contributed by atoms with van der Waals surface area (Å²) in [6, 6.07) is 4.65. The molecular formula is C25H29F3N4O3. The van der Waals surface area contributed by atoms with Gasteiger partial charge in [-0.3, -0.25) is 14.5 Å². The van der Waals surface area contributed by atoms with E-state index in [-0.39, 0.29) is 25.4 Å². The van der Waals surface area contributed by atoms with Crippen LogP contribution in [0.3, 0.4) is 0 Å². The van der Waals surface area contributed by atoms with E-state index in [1.165, 1.54) is 12.1 Å². The SMILES string of the molecule is C[C@H](NC(=O)C(n1c(=O)[nH]c2ccc(F)cc2c1=O)C12CCC(CC1)N2C)c1ccc(F)cc1F.[HH].[HH]. The number of fused-ring (bicyclic) bond motifs is 3. The Balaban J connectivity index is 0.00000190. The van der Waals surface area contributed by atoms with E-state index in [2.05, 4.69) is 10.3 Å². The van der Waals surface area contributed by atoms with E-state index >= 15 is 0 Å². The number of carbonyl (C=O) groups is 1. The molecule has 10 heteroatoms. The summed E-state index contributed by atoms with van der Waals surface area (Å²) in [5.74, 6) is -2.85. The molecule has 0 saturated carbocycles. The summed E-state index contributed by atoms with van der Waals surface area (Å²) in [7, 11) is 1.87. The molecular weight excluding hydrogens is 461 g/mol. The summed E-state index contributed by atoms with van der Waals surface area (Å²) in [4.78, 5) is 45.1. The van der Waals surface area contributed by atoms with Crippen molar-refractivity contribution in [3.8, 4) is 0 Å². The van der Waals surface area contributed by atoms with E-state index in [0.717, 1.165) is 41.7 Å². The number of nitrogens with one attached hydrogen (secondary N) is 2. The molecule has 2 N–H and O–H groups in total. The highest BCUT2D eigenvalue weighted by Crippen LogP contribution is 2.50. The van der Waals surface area contributed by atoms with Crippen molar-refractivity contribution in [1.29, 1.82) is 0 Å². The third kappa shape index (κ3) is 3.67. The van der Waals surface area contributed by atoms with Gasteiger partial charge in [0.25, 0.3) is 5.56 Å². The van der Waals surface area contributed by atoms with Gasteiger partial charge in [-0.25, -0.2) is 22.5 Å². The highest BCUT2D eigenvalue weighted by atomic mass is 19.1. The molecule has 188 valence electrons. The molecule has 5 rings (SSSR count). The highest BCUT2D eigenvalue weighted by molar-refractivity contribution is 5.83. The van der Waals surface area contributed by atoms with Gasteiger partial charge >= 0.3 is 5.69 Å². The molecule has 2 aromatic carbocycles. The van der Waals surface area contributed by atoms with Crippen LogP contribution in [0.4, 0.5) is 13.2 Å². The molecule has 2 fully saturated rings. The summed E-state index contributed by atoms with van der Waals surface area (Å²) in [6.45, 7) is 1.54. The Hall–Kier alpha value is -3.40.